The molecule has 19 heavy (non-hydrogen) atoms. The zero-order valence-corrected chi connectivity index (χ0v) is 11.5. The van der Waals surface area contributed by atoms with E-state index in [0.717, 1.165) is 6.07 Å². The number of rotatable bonds is 3. The van der Waals surface area contributed by atoms with Crippen molar-refractivity contribution in [2.45, 2.75) is 0 Å². The normalized spacial score (nSPS) is 10.3. The minimum absolute atomic E-state index is 0.168. The van der Waals surface area contributed by atoms with Gasteiger partial charge in [0.25, 0.3) is 0 Å². The van der Waals surface area contributed by atoms with Crippen LogP contribution in [0.15, 0.2) is 40.9 Å². The highest BCUT2D eigenvalue weighted by atomic mass is 79.9. The van der Waals surface area contributed by atoms with Crippen LogP contribution in [0.25, 0.3) is 0 Å². The Kier molecular flexibility index (Phi) is 3.95. The quantitative estimate of drug-likeness (QED) is 0.798. The van der Waals surface area contributed by atoms with Crippen molar-refractivity contribution < 1.29 is 18.3 Å². The van der Waals surface area contributed by atoms with E-state index >= 15 is 0 Å². The summed E-state index contributed by atoms with van der Waals surface area (Å²) in [6, 6.07) is 8.26. The third-order valence-electron chi connectivity index (χ3n) is 2.60. The molecule has 0 aliphatic carbocycles. The summed E-state index contributed by atoms with van der Waals surface area (Å²) in [6.07, 6.45) is 0. The summed E-state index contributed by atoms with van der Waals surface area (Å²) in [5.74, 6) is -2.54. The zero-order valence-electron chi connectivity index (χ0n) is 9.91. The van der Waals surface area contributed by atoms with Gasteiger partial charge in [-0.2, -0.15) is 0 Å². The summed E-state index contributed by atoms with van der Waals surface area (Å²) in [6.45, 7) is 0. The molecule has 0 N–H and O–H groups in total. The summed E-state index contributed by atoms with van der Waals surface area (Å²) in [5, 5.41) is 0. The fourth-order valence-corrected chi connectivity index (χ4v) is 2.04. The van der Waals surface area contributed by atoms with E-state index in [9.17, 15) is 13.6 Å². The molecule has 0 aliphatic rings. The second-order valence-electron chi connectivity index (χ2n) is 3.78. The lowest BCUT2D eigenvalue weighted by Gasteiger charge is -2.09. The van der Waals surface area contributed by atoms with E-state index in [4.69, 9.17) is 4.74 Å². The average Bonchev–Trinajstić information content (AvgIpc) is 2.41. The van der Waals surface area contributed by atoms with Gasteiger partial charge in [0.15, 0.2) is 17.4 Å². The van der Waals surface area contributed by atoms with Crippen LogP contribution in [-0.2, 0) is 0 Å². The maximum Gasteiger partial charge on any atom is 0.199 e. The minimum atomic E-state index is -1.16. The first-order valence-electron chi connectivity index (χ1n) is 5.37. The maximum absolute atomic E-state index is 13.6. The van der Waals surface area contributed by atoms with Gasteiger partial charge >= 0.3 is 0 Å². The Bertz CT molecular complexity index is 641. The van der Waals surface area contributed by atoms with Crippen LogP contribution in [0.5, 0.6) is 5.75 Å². The molecule has 2 rings (SSSR count). The Balaban J connectivity index is 2.56. The Labute approximate surface area is 117 Å². The molecular weight excluding hydrogens is 318 g/mol. The smallest absolute Gasteiger partial charge is 0.199 e. The van der Waals surface area contributed by atoms with Crippen molar-refractivity contribution in [3.05, 3.63) is 63.6 Å². The highest BCUT2D eigenvalue weighted by molar-refractivity contribution is 9.10. The number of benzene rings is 2. The maximum atomic E-state index is 13.6. The van der Waals surface area contributed by atoms with Crippen molar-refractivity contribution in [3.8, 4) is 5.75 Å². The van der Waals surface area contributed by atoms with Gasteiger partial charge in [0, 0.05) is 4.47 Å². The fraction of sp³-hybridized carbons (Fsp3) is 0.0714. The van der Waals surface area contributed by atoms with Crippen molar-refractivity contribution in [3.63, 3.8) is 0 Å². The molecule has 0 spiro atoms. The molecule has 0 amide bonds. The average molecular weight is 327 g/mol. The summed E-state index contributed by atoms with van der Waals surface area (Å²) >= 11 is 3.22. The molecule has 98 valence electrons. The number of hydrogen-bond acceptors (Lipinski definition) is 2. The number of carbonyl (C=O) groups is 1. The molecule has 0 bridgehead atoms. The van der Waals surface area contributed by atoms with Crippen LogP contribution in [-0.4, -0.2) is 12.9 Å². The Morgan fingerprint density at radius 2 is 1.89 bits per heavy atom. The molecule has 2 nitrogen and oxygen atoms in total. The lowest BCUT2D eigenvalue weighted by molar-refractivity contribution is 0.103. The van der Waals surface area contributed by atoms with Gasteiger partial charge in [-0.1, -0.05) is 22.0 Å². The van der Waals surface area contributed by atoms with Crippen molar-refractivity contribution in [2.75, 3.05) is 7.11 Å². The summed E-state index contributed by atoms with van der Waals surface area (Å²) in [4.78, 5) is 12.2. The van der Waals surface area contributed by atoms with E-state index in [2.05, 4.69) is 15.9 Å². The minimum Gasteiger partial charge on any atom is -0.496 e. The third kappa shape index (κ3) is 2.66. The third-order valence-corrected chi connectivity index (χ3v) is 3.10. The number of halogens is 3. The van der Waals surface area contributed by atoms with E-state index in [-0.39, 0.29) is 11.1 Å². The molecule has 5 heteroatoms. The number of ether oxygens (including phenoxy) is 1. The van der Waals surface area contributed by atoms with Crippen LogP contribution in [0.4, 0.5) is 8.78 Å². The van der Waals surface area contributed by atoms with E-state index in [0.29, 0.717) is 10.2 Å². The van der Waals surface area contributed by atoms with E-state index < -0.39 is 17.4 Å². The molecule has 0 fully saturated rings. The van der Waals surface area contributed by atoms with Gasteiger partial charge in [-0.3, -0.25) is 4.79 Å². The van der Waals surface area contributed by atoms with E-state index in [1.165, 1.54) is 25.3 Å². The SMILES string of the molecule is COc1ccc(Br)cc1C(=O)c1cccc(F)c1F. The lowest BCUT2D eigenvalue weighted by atomic mass is 10.0. The van der Waals surface area contributed by atoms with Gasteiger partial charge in [-0.25, -0.2) is 8.78 Å². The molecule has 0 unspecified atom stereocenters. The molecule has 0 radical (unpaired) electrons. The standard InChI is InChI=1S/C14H9BrF2O2/c1-19-12-6-5-8(15)7-10(12)14(18)9-3-2-4-11(16)13(9)17/h2-7H,1H3. The molecule has 0 saturated heterocycles. The Morgan fingerprint density at radius 3 is 2.58 bits per heavy atom. The predicted octanol–water partition coefficient (Wildman–Crippen LogP) is 3.97. The first kappa shape index (κ1) is 13.7. The Hall–Kier alpha value is -1.75. The molecular formula is C14H9BrF2O2. The van der Waals surface area contributed by atoms with Crippen molar-refractivity contribution in [1.29, 1.82) is 0 Å². The van der Waals surface area contributed by atoms with Crippen LogP contribution < -0.4 is 4.74 Å². The molecule has 0 saturated carbocycles. The van der Waals surface area contributed by atoms with Crippen LogP contribution in [0.3, 0.4) is 0 Å². The highest BCUT2D eigenvalue weighted by Crippen LogP contribution is 2.26. The first-order valence-corrected chi connectivity index (χ1v) is 6.16. The second-order valence-corrected chi connectivity index (χ2v) is 4.69. The molecule has 2 aromatic rings. The zero-order chi connectivity index (χ0) is 14.0. The molecule has 0 aliphatic heterocycles. The molecule has 0 atom stereocenters. The van der Waals surface area contributed by atoms with E-state index in [1.54, 1.807) is 12.1 Å². The summed E-state index contributed by atoms with van der Waals surface area (Å²) in [5.41, 5.74) is -0.155. The Morgan fingerprint density at radius 1 is 1.16 bits per heavy atom. The molecule has 0 heterocycles. The summed E-state index contributed by atoms with van der Waals surface area (Å²) in [7, 11) is 1.40. The van der Waals surface area contributed by atoms with Gasteiger partial charge in [0.1, 0.15) is 5.75 Å². The number of hydrogen-bond donors (Lipinski definition) is 0. The van der Waals surface area contributed by atoms with Gasteiger partial charge in [0.2, 0.25) is 0 Å². The van der Waals surface area contributed by atoms with Gasteiger partial charge in [-0.05, 0) is 30.3 Å². The lowest BCUT2D eigenvalue weighted by Crippen LogP contribution is -2.07. The van der Waals surface area contributed by atoms with Gasteiger partial charge < -0.3 is 4.74 Å². The van der Waals surface area contributed by atoms with Crippen LogP contribution in [0, 0.1) is 11.6 Å². The van der Waals surface area contributed by atoms with Crippen LogP contribution in [0.1, 0.15) is 15.9 Å². The number of methoxy groups -OCH3 is 1. The van der Waals surface area contributed by atoms with Crippen molar-refractivity contribution >= 4 is 21.7 Å². The van der Waals surface area contributed by atoms with Gasteiger partial charge in [0.05, 0.1) is 18.2 Å². The fourth-order valence-electron chi connectivity index (χ4n) is 1.68. The first-order chi connectivity index (χ1) is 9.04. The van der Waals surface area contributed by atoms with Crippen molar-refractivity contribution in [1.82, 2.24) is 0 Å². The molecule has 2 aromatic carbocycles. The largest absolute Gasteiger partial charge is 0.496 e. The number of carbonyl (C=O) groups excluding carboxylic acids is 1. The molecule has 0 aromatic heterocycles. The predicted molar refractivity (Wildman–Crippen MR) is 70.5 cm³/mol. The summed E-state index contributed by atoms with van der Waals surface area (Å²) < 4.78 is 32.5. The van der Waals surface area contributed by atoms with E-state index in [1.807, 2.05) is 0 Å². The number of ketones is 1. The second kappa shape index (κ2) is 5.48. The monoisotopic (exact) mass is 326 g/mol. The van der Waals surface area contributed by atoms with Gasteiger partial charge in [-0.15, -0.1) is 0 Å². The topological polar surface area (TPSA) is 26.3 Å². The van der Waals surface area contributed by atoms with Crippen LogP contribution >= 0.6 is 15.9 Å². The van der Waals surface area contributed by atoms with Crippen LogP contribution in [0.2, 0.25) is 0 Å². The van der Waals surface area contributed by atoms with Crippen molar-refractivity contribution in [2.24, 2.45) is 0 Å². The highest BCUT2D eigenvalue weighted by Gasteiger charge is 2.20.